The lowest BCUT2D eigenvalue weighted by Gasteiger charge is -2.23. The van der Waals surface area contributed by atoms with Gasteiger partial charge in [0.05, 0.1) is 0 Å². The maximum absolute atomic E-state index is 12.4. The molecule has 1 heterocycles. The molecular weight excluding hydrogens is 262 g/mol. The summed E-state index contributed by atoms with van der Waals surface area (Å²) in [6.07, 6.45) is 0. The van der Waals surface area contributed by atoms with Gasteiger partial charge in [0, 0.05) is 16.9 Å². The molecule has 3 rings (SSSR count). The van der Waals surface area contributed by atoms with Crippen LogP contribution in [0.15, 0.2) is 42.5 Å². The van der Waals surface area contributed by atoms with Gasteiger partial charge in [0.25, 0.3) is 5.91 Å². The van der Waals surface area contributed by atoms with Crippen LogP contribution in [0.4, 0.5) is 11.4 Å². The molecule has 0 aliphatic carbocycles. The Balaban J connectivity index is 2.12. The smallest absolute Gasteiger partial charge is 0.269 e. The third-order valence-corrected chi connectivity index (χ3v) is 3.80. The summed E-state index contributed by atoms with van der Waals surface area (Å²) < 4.78 is 0. The summed E-state index contributed by atoms with van der Waals surface area (Å²) in [7, 11) is 0. The van der Waals surface area contributed by atoms with Gasteiger partial charge in [0.1, 0.15) is 6.07 Å². The number of benzene rings is 2. The largest absolute Gasteiger partial charge is 0.356 e. The van der Waals surface area contributed by atoms with E-state index in [-0.39, 0.29) is 5.91 Å². The quantitative estimate of drug-likeness (QED) is 0.886. The lowest BCUT2D eigenvalue weighted by molar-refractivity contribution is -0.118. The summed E-state index contributed by atoms with van der Waals surface area (Å²) in [5, 5.41) is 15.6. The first-order chi connectivity index (χ1) is 10.1. The van der Waals surface area contributed by atoms with E-state index < -0.39 is 5.54 Å². The fraction of sp³-hybridized carbons (Fsp3) is 0.176. The number of carbonyl (C=O) groups is 1. The number of nitriles is 1. The minimum Gasteiger partial charge on any atom is -0.356 e. The van der Waals surface area contributed by atoms with Gasteiger partial charge in [-0.25, -0.2) is 0 Å². The van der Waals surface area contributed by atoms with E-state index >= 15 is 0 Å². The molecule has 0 bridgehead atoms. The average molecular weight is 277 g/mol. The summed E-state index contributed by atoms with van der Waals surface area (Å²) in [5.74, 6) is -0.341. The zero-order chi connectivity index (χ0) is 15.0. The van der Waals surface area contributed by atoms with Crippen molar-refractivity contribution in [3.63, 3.8) is 0 Å². The van der Waals surface area contributed by atoms with Crippen molar-refractivity contribution < 1.29 is 4.79 Å². The molecule has 0 saturated carbocycles. The number of carbonyl (C=O) groups excluding carboxylic acids is 1. The molecule has 21 heavy (non-hydrogen) atoms. The Bertz CT molecular complexity index is 776. The minimum atomic E-state index is -1.38. The molecule has 1 atom stereocenters. The number of fused-ring (bicyclic) bond motifs is 1. The average Bonchev–Trinajstić information content (AvgIpc) is 2.76. The van der Waals surface area contributed by atoms with Crippen LogP contribution < -0.4 is 10.6 Å². The van der Waals surface area contributed by atoms with E-state index in [9.17, 15) is 10.1 Å². The minimum absolute atomic E-state index is 0.341. The maximum Gasteiger partial charge on any atom is 0.269 e. The highest BCUT2D eigenvalue weighted by atomic mass is 16.2. The lowest BCUT2D eigenvalue weighted by atomic mass is 9.92. The Hall–Kier alpha value is -2.80. The zero-order valence-electron chi connectivity index (χ0n) is 11.9. The SMILES string of the molecule is Cc1ccc(C)c(N[C@]2(C#N)C(=O)Nc3ccccc32)c1. The fourth-order valence-electron chi connectivity index (χ4n) is 2.59. The lowest BCUT2D eigenvalue weighted by Crippen LogP contribution is -2.41. The van der Waals surface area contributed by atoms with Gasteiger partial charge in [-0.1, -0.05) is 30.3 Å². The van der Waals surface area contributed by atoms with E-state index in [4.69, 9.17) is 0 Å². The number of nitrogens with zero attached hydrogens (tertiary/aromatic N) is 1. The van der Waals surface area contributed by atoms with E-state index in [0.29, 0.717) is 11.3 Å². The molecule has 0 radical (unpaired) electrons. The van der Waals surface area contributed by atoms with Crippen LogP contribution >= 0.6 is 0 Å². The van der Waals surface area contributed by atoms with Crippen molar-refractivity contribution in [1.82, 2.24) is 0 Å². The van der Waals surface area contributed by atoms with E-state index in [0.717, 1.165) is 16.8 Å². The van der Waals surface area contributed by atoms with Crippen molar-refractivity contribution in [2.75, 3.05) is 10.6 Å². The third-order valence-electron chi connectivity index (χ3n) is 3.80. The van der Waals surface area contributed by atoms with Gasteiger partial charge < -0.3 is 10.6 Å². The highest BCUT2D eigenvalue weighted by Crippen LogP contribution is 2.38. The Kier molecular flexibility index (Phi) is 2.91. The number of anilines is 2. The Labute approximate surface area is 123 Å². The first-order valence-electron chi connectivity index (χ1n) is 6.74. The molecule has 0 spiro atoms. The molecule has 2 aromatic rings. The molecule has 1 aliphatic rings. The number of rotatable bonds is 2. The van der Waals surface area contributed by atoms with Crippen molar-refractivity contribution in [3.05, 3.63) is 59.2 Å². The van der Waals surface area contributed by atoms with Gasteiger partial charge in [0.15, 0.2) is 0 Å². The normalized spacial score (nSPS) is 19.6. The summed E-state index contributed by atoms with van der Waals surface area (Å²) in [6.45, 7) is 3.93. The monoisotopic (exact) mass is 277 g/mol. The number of hydrogen-bond donors (Lipinski definition) is 2. The second-order valence-electron chi connectivity index (χ2n) is 5.30. The zero-order valence-corrected chi connectivity index (χ0v) is 11.9. The van der Waals surface area contributed by atoms with Gasteiger partial charge in [-0.15, -0.1) is 0 Å². The van der Waals surface area contributed by atoms with Crippen LogP contribution in [0.3, 0.4) is 0 Å². The van der Waals surface area contributed by atoms with Crippen molar-refractivity contribution in [2.24, 2.45) is 0 Å². The number of aryl methyl sites for hydroxylation is 2. The summed E-state index contributed by atoms with van der Waals surface area (Å²) in [6, 6.07) is 15.3. The molecule has 4 nitrogen and oxygen atoms in total. The Morgan fingerprint density at radius 1 is 1.19 bits per heavy atom. The maximum atomic E-state index is 12.4. The van der Waals surface area contributed by atoms with Gasteiger partial charge in [-0.05, 0) is 37.1 Å². The number of hydrogen-bond acceptors (Lipinski definition) is 3. The van der Waals surface area contributed by atoms with E-state index in [2.05, 4.69) is 16.7 Å². The molecule has 0 aromatic heterocycles. The summed E-state index contributed by atoms with van der Waals surface area (Å²) >= 11 is 0. The van der Waals surface area contributed by atoms with Crippen molar-refractivity contribution in [1.29, 1.82) is 5.26 Å². The summed E-state index contributed by atoms with van der Waals surface area (Å²) in [5.41, 5.74) is 2.83. The summed E-state index contributed by atoms with van der Waals surface area (Å²) in [4.78, 5) is 12.4. The van der Waals surface area contributed by atoms with Crippen LogP contribution in [0.2, 0.25) is 0 Å². The van der Waals surface area contributed by atoms with Crippen molar-refractivity contribution in [3.8, 4) is 6.07 Å². The molecule has 0 fully saturated rings. The molecule has 104 valence electrons. The van der Waals surface area contributed by atoms with Crippen molar-refractivity contribution in [2.45, 2.75) is 19.4 Å². The number of para-hydroxylation sites is 1. The predicted octanol–water partition coefficient (Wildman–Crippen LogP) is 3.09. The molecule has 1 amide bonds. The van der Waals surface area contributed by atoms with Crippen molar-refractivity contribution >= 4 is 17.3 Å². The highest BCUT2D eigenvalue weighted by molar-refractivity contribution is 6.10. The van der Waals surface area contributed by atoms with Crippen LogP contribution in [-0.2, 0) is 10.3 Å². The second-order valence-corrected chi connectivity index (χ2v) is 5.30. The van der Waals surface area contributed by atoms with Gasteiger partial charge in [0.2, 0.25) is 5.54 Å². The topological polar surface area (TPSA) is 64.9 Å². The molecule has 2 N–H and O–H groups in total. The number of amides is 1. The van der Waals surface area contributed by atoms with E-state index in [1.54, 1.807) is 12.1 Å². The predicted molar refractivity (Wildman–Crippen MR) is 81.9 cm³/mol. The van der Waals surface area contributed by atoms with E-state index in [1.807, 2.05) is 44.2 Å². The van der Waals surface area contributed by atoms with Crippen LogP contribution in [0.25, 0.3) is 0 Å². The van der Waals surface area contributed by atoms with Gasteiger partial charge >= 0.3 is 0 Å². The van der Waals surface area contributed by atoms with Gasteiger partial charge in [-0.2, -0.15) is 5.26 Å². The first-order valence-corrected chi connectivity index (χ1v) is 6.74. The molecule has 2 aromatic carbocycles. The molecular formula is C17H15N3O. The molecule has 4 heteroatoms. The van der Waals surface area contributed by atoms with Crippen LogP contribution in [0, 0.1) is 25.2 Å². The first kappa shape index (κ1) is 13.2. The van der Waals surface area contributed by atoms with E-state index in [1.165, 1.54) is 0 Å². The van der Waals surface area contributed by atoms with Crippen LogP contribution in [-0.4, -0.2) is 5.91 Å². The number of nitrogens with one attached hydrogen (secondary N) is 2. The standard InChI is InChI=1S/C17H15N3O/c1-11-7-8-12(2)15(9-11)20-17(10-18)13-5-3-4-6-14(13)19-16(17)21/h3-9,20H,1-2H3,(H,19,21)/t17-/m0/s1. The fourth-order valence-corrected chi connectivity index (χ4v) is 2.59. The molecule has 0 unspecified atom stereocenters. The molecule has 0 saturated heterocycles. The molecule has 1 aliphatic heterocycles. The third kappa shape index (κ3) is 1.95. The Morgan fingerprint density at radius 3 is 2.71 bits per heavy atom. The van der Waals surface area contributed by atoms with Gasteiger partial charge in [-0.3, -0.25) is 4.79 Å². The van der Waals surface area contributed by atoms with Crippen LogP contribution in [0.5, 0.6) is 0 Å². The van der Waals surface area contributed by atoms with Crippen LogP contribution in [0.1, 0.15) is 16.7 Å². The second kappa shape index (κ2) is 4.64. The Morgan fingerprint density at radius 2 is 1.95 bits per heavy atom. The highest BCUT2D eigenvalue weighted by Gasteiger charge is 2.47.